The van der Waals surface area contributed by atoms with Gasteiger partial charge in [0.25, 0.3) is 0 Å². The number of nitrogens with zero attached hydrogens (tertiary/aromatic N) is 1. The molecule has 0 radical (unpaired) electrons. The molecule has 20 heavy (non-hydrogen) atoms. The molecule has 108 valence electrons. The van der Waals surface area contributed by atoms with E-state index in [0.29, 0.717) is 6.54 Å². The van der Waals surface area contributed by atoms with Gasteiger partial charge in [0.15, 0.2) is 0 Å². The smallest absolute Gasteiger partial charge is 0.410 e. The summed E-state index contributed by atoms with van der Waals surface area (Å²) in [6, 6.07) is 8.27. The quantitative estimate of drug-likeness (QED) is 0.721. The molecular formula is C17H23NO2. The fourth-order valence-corrected chi connectivity index (χ4v) is 2.66. The SMILES string of the molecule is C=C[C@@H]1c2ccccc2CN(C(=O)OC(C)(C)C)[C@H]1C. The van der Waals surface area contributed by atoms with Crippen molar-refractivity contribution < 1.29 is 9.53 Å². The van der Waals surface area contributed by atoms with Crippen LogP contribution in [0.3, 0.4) is 0 Å². The van der Waals surface area contributed by atoms with Crippen LogP contribution in [0.1, 0.15) is 44.7 Å². The molecule has 0 N–H and O–H groups in total. The van der Waals surface area contributed by atoms with Crippen LogP contribution in [-0.4, -0.2) is 22.6 Å². The zero-order chi connectivity index (χ0) is 14.9. The van der Waals surface area contributed by atoms with Gasteiger partial charge in [-0.1, -0.05) is 30.3 Å². The topological polar surface area (TPSA) is 29.5 Å². The summed E-state index contributed by atoms with van der Waals surface area (Å²) in [7, 11) is 0. The molecule has 1 aliphatic heterocycles. The van der Waals surface area contributed by atoms with Crippen molar-refractivity contribution in [3.63, 3.8) is 0 Å². The molecule has 0 unspecified atom stereocenters. The minimum Gasteiger partial charge on any atom is -0.444 e. The van der Waals surface area contributed by atoms with Gasteiger partial charge in [-0.25, -0.2) is 4.79 Å². The Kier molecular flexibility index (Phi) is 3.89. The number of benzene rings is 1. The van der Waals surface area contributed by atoms with Crippen molar-refractivity contribution in [2.24, 2.45) is 0 Å². The van der Waals surface area contributed by atoms with Crippen LogP contribution in [0.2, 0.25) is 0 Å². The van der Waals surface area contributed by atoms with Gasteiger partial charge in [0.1, 0.15) is 5.60 Å². The molecule has 0 bridgehead atoms. The van der Waals surface area contributed by atoms with Crippen molar-refractivity contribution in [1.29, 1.82) is 0 Å². The lowest BCUT2D eigenvalue weighted by molar-refractivity contribution is 0.0122. The minimum absolute atomic E-state index is 0.0530. The standard InChI is InChI=1S/C17H23NO2/c1-6-14-12(2)18(16(19)20-17(3,4)5)11-13-9-7-8-10-15(13)14/h6-10,12,14H,1,11H2,2-5H3/t12-,14-/m0/s1. The molecule has 2 rings (SSSR count). The van der Waals surface area contributed by atoms with Crippen LogP contribution >= 0.6 is 0 Å². The normalized spacial score (nSPS) is 22.1. The van der Waals surface area contributed by atoms with Gasteiger partial charge in [0.05, 0.1) is 0 Å². The van der Waals surface area contributed by atoms with Crippen molar-refractivity contribution in [3.05, 3.63) is 48.0 Å². The van der Waals surface area contributed by atoms with Gasteiger partial charge >= 0.3 is 6.09 Å². The lowest BCUT2D eigenvalue weighted by Gasteiger charge is -2.40. The molecule has 3 nitrogen and oxygen atoms in total. The third-order valence-electron chi connectivity index (χ3n) is 3.65. The van der Waals surface area contributed by atoms with Crippen molar-refractivity contribution in [1.82, 2.24) is 4.90 Å². The highest BCUT2D eigenvalue weighted by atomic mass is 16.6. The second-order valence-electron chi connectivity index (χ2n) is 6.31. The third-order valence-corrected chi connectivity index (χ3v) is 3.65. The summed E-state index contributed by atoms with van der Waals surface area (Å²) in [5.74, 6) is 0.146. The van der Waals surface area contributed by atoms with Crippen LogP contribution in [0, 0.1) is 0 Å². The average molecular weight is 273 g/mol. The van der Waals surface area contributed by atoms with E-state index >= 15 is 0 Å². The van der Waals surface area contributed by atoms with Crippen molar-refractivity contribution in [2.45, 2.75) is 51.8 Å². The van der Waals surface area contributed by atoms with Crippen molar-refractivity contribution in [2.75, 3.05) is 0 Å². The Morgan fingerprint density at radius 1 is 1.40 bits per heavy atom. The first-order valence-electron chi connectivity index (χ1n) is 7.03. The number of fused-ring (bicyclic) bond motifs is 1. The molecule has 1 amide bonds. The van der Waals surface area contributed by atoms with E-state index in [1.54, 1.807) is 4.90 Å². The number of hydrogen-bond acceptors (Lipinski definition) is 2. The number of carbonyl (C=O) groups is 1. The molecular weight excluding hydrogens is 250 g/mol. The highest BCUT2D eigenvalue weighted by molar-refractivity contribution is 5.69. The second-order valence-corrected chi connectivity index (χ2v) is 6.31. The molecule has 1 aromatic carbocycles. The summed E-state index contributed by atoms with van der Waals surface area (Å²) in [6.45, 7) is 12.2. The fourth-order valence-electron chi connectivity index (χ4n) is 2.66. The van der Waals surface area contributed by atoms with E-state index in [1.807, 2.05) is 45.9 Å². The summed E-state index contributed by atoms with van der Waals surface area (Å²) < 4.78 is 5.51. The van der Waals surface area contributed by atoms with E-state index in [-0.39, 0.29) is 18.1 Å². The second kappa shape index (κ2) is 5.31. The predicted molar refractivity (Wildman–Crippen MR) is 80.6 cm³/mol. The first-order chi connectivity index (χ1) is 9.33. The molecule has 0 saturated carbocycles. The Labute approximate surface area is 121 Å². The molecule has 2 atom stereocenters. The van der Waals surface area contributed by atoms with Gasteiger partial charge < -0.3 is 9.64 Å². The van der Waals surface area contributed by atoms with E-state index < -0.39 is 5.60 Å². The zero-order valence-electron chi connectivity index (χ0n) is 12.7. The first kappa shape index (κ1) is 14.6. The van der Waals surface area contributed by atoms with Crippen molar-refractivity contribution >= 4 is 6.09 Å². The number of ether oxygens (including phenoxy) is 1. The number of hydrogen-bond donors (Lipinski definition) is 0. The number of amides is 1. The van der Waals surface area contributed by atoms with Gasteiger partial charge in [-0.05, 0) is 38.8 Å². The summed E-state index contributed by atoms with van der Waals surface area (Å²) in [4.78, 5) is 14.2. The fraction of sp³-hybridized carbons (Fsp3) is 0.471. The molecule has 0 fully saturated rings. The molecule has 0 saturated heterocycles. The summed E-state index contributed by atoms with van der Waals surface area (Å²) >= 11 is 0. The highest BCUT2D eigenvalue weighted by Gasteiger charge is 2.35. The van der Waals surface area contributed by atoms with Gasteiger partial charge in [0.2, 0.25) is 0 Å². The number of carbonyl (C=O) groups excluding carboxylic acids is 1. The van der Waals surface area contributed by atoms with E-state index in [1.165, 1.54) is 11.1 Å². The summed E-state index contributed by atoms with van der Waals surface area (Å²) in [5.41, 5.74) is 1.95. The van der Waals surface area contributed by atoms with Gasteiger partial charge in [-0.2, -0.15) is 0 Å². The molecule has 1 aliphatic rings. The minimum atomic E-state index is -0.475. The Balaban J connectivity index is 2.30. The molecule has 1 aromatic rings. The van der Waals surface area contributed by atoms with E-state index in [2.05, 4.69) is 18.7 Å². The van der Waals surface area contributed by atoms with Crippen LogP contribution in [0.5, 0.6) is 0 Å². The van der Waals surface area contributed by atoms with Crippen LogP contribution in [0.15, 0.2) is 36.9 Å². The van der Waals surface area contributed by atoms with Crippen LogP contribution in [-0.2, 0) is 11.3 Å². The monoisotopic (exact) mass is 273 g/mol. The average Bonchev–Trinajstić information content (AvgIpc) is 2.36. The Morgan fingerprint density at radius 2 is 2.05 bits per heavy atom. The summed E-state index contributed by atoms with van der Waals surface area (Å²) in [5, 5.41) is 0. The lowest BCUT2D eigenvalue weighted by Crippen LogP contribution is -2.46. The third kappa shape index (κ3) is 2.87. The van der Waals surface area contributed by atoms with E-state index in [0.717, 1.165) is 0 Å². The lowest BCUT2D eigenvalue weighted by atomic mass is 9.84. The van der Waals surface area contributed by atoms with Crippen LogP contribution < -0.4 is 0 Å². The molecule has 1 heterocycles. The zero-order valence-corrected chi connectivity index (χ0v) is 12.7. The van der Waals surface area contributed by atoms with Crippen LogP contribution in [0.25, 0.3) is 0 Å². The first-order valence-corrected chi connectivity index (χ1v) is 7.03. The predicted octanol–water partition coefficient (Wildman–Crippen LogP) is 4.10. The molecule has 3 heteroatoms. The highest BCUT2D eigenvalue weighted by Crippen LogP contribution is 2.34. The maximum Gasteiger partial charge on any atom is 0.410 e. The molecule has 0 spiro atoms. The largest absolute Gasteiger partial charge is 0.444 e. The Morgan fingerprint density at radius 3 is 2.65 bits per heavy atom. The van der Waals surface area contributed by atoms with Crippen LogP contribution in [0.4, 0.5) is 4.79 Å². The maximum absolute atomic E-state index is 12.4. The molecule has 0 aliphatic carbocycles. The van der Waals surface area contributed by atoms with Gasteiger partial charge in [-0.15, -0.1) is 6.58 Å². The van der Waals surface area contributed by atoms with E-state index in [9.17, 15) is 4.79 Å². The molecule has 0 aromatic heterocycles. The summed E-state index contributed by atoms with van der Waals surface area (Å²) in [6.07, 6.45) is 1.66. The maximum atomic E-state index is 12.4. The van der Waals surface area contributed by atoms with Gasteiger partial charge in [0, 0.05) is 18.5 Å². The van der Waals surface area contributed by atoms with Gasteiger partial charge in [-0.3, -0.25) is 0 Å². The Hall–Kier alpha value is -1.77. The van der Waals surface area contributed by atoms with Crippen molar-refractivity contribution in [3.8, 4) is 0 Å². The van der Waals surface area contributed by atoms with E-state index in [4.69, 9.17) is 4.74 Å². The Bertz CT molecular complexity index is 516. The number of rotatable bonds is 1.